The second kappa shape index (κ2) is 8.33. The molecule has 0 bridgehead atoms. The minimum Gasteiger partial charge on any atom is -0.488 e. The van der Waals surface area contributed by atoms with E-state index in [4.69, 9.17) is 4.74 Å². The summed E-state index contributed by atoms with van der Waals surface area (Å²) in [5.41, 5.74) is 2.62. The molecule has 1 N–H and O–H groups in total. The van der Waals surface area contributed by atoms with Crippen molar-refractivity contribution < 1.29 is 14.3 Å². The smallest absolute Gasteiger partial charge is 0.333 e. The molecular weight excluding hydrogens is 378 g/mol. The van der Waals surface area contributed by atoms with Crippen LogP contribution in [0, 0.1) is 11.3 Å². The van der Waals surface area contributed by atoms with Gasteiger partial charge in [-0.2, -0.15) is 5.26 Å². The highest BCUT2D eigenvalue weighted by atomic mass is 16.5. The molecule has 3 aromatic carbocycles. The Hall–Kier alpha value is -4.37. The average molecular weight is 395 g/mol. The van der Waals surface area contributed by atoms with E-state index in [9.17, 15) is 14.9 Å². The highest BCUT2D eigenvalue weighted by Crippen LogP contribution is 2.26. The summed E-state index contributed by atoms with van der Waals surface area (Å²) in [7, 11) is 0. The molecule has 0 aromatic heterocycles. The number of urea groups is 1. The van der Waals surface area contributed by atoms with Crippen LogP contribution >= 0.6 is 0 Å². The summed E-state index contributed by atoms with van der Waals surface area (Å²) in [6.07, 6.45) is 1.59. The van der Waals surface area contributed by atoms with E-state index >= 15 is 0 Å². The van der Waals surface area contributed by atoms with Crippen LogP contribution < -0.4 is 15.0 Å². The van der Waals surface area contributed by atoms with Gasteiger partial charge in [0.1, 0.15) is 18.1 Å². The predicted molar refractivity (Wildman–Crippen MR) is 112 cm³/mol. The Balaban J connectivity index is 1.58. The van der Waals surface area contributed by atoms with Crippen LogP contribution in [0.15, 0.2) is 84.6 Å². The number of imide groups is 1. The molecule has 4 rings (SSSR count). The maximum absolute atomic E-state index is 12.8. The zero-order valence-corrected chi connectivity index (χ0v) is 15.9. The van der Waals surface area contributed by atoms with Crippen molar-refractivity contribution in [1.29, 1.82) is 5.26 Å². The SMILES string of the molecule is N#Cc1ccccc1COc1ccccc1/C=C1/NC(=O)N(c2ccccc2)C1=O. The molecule has 1 aliphatic rings. The highest BCUT2D eigenvalue weighted by molar-refractivity contribution is 6.28. The van der Waals surface area contributed by atoms with Crippen LogP contribution in [0.5, 0.6) is 5.75 Å². The molecule has 30 heavy (non-hydrogen) atoms. The Bertz CT molecular complexity index is 1180. The quantitative estimate of drug-likeness (QED) is 0.518. The maximum Gasteiger partial charge on any atom is 0.333 e. The number of nitriles is 1. The predicted octanol–water partition coefficient (Wildman–Crippen LogP) is 4.23. The Morgan fingerprint density at radius 3 is 2.43 bits per heavy atom. The van der Waals surface area contributed by atoms with Gasteiger partial charge in [-0.3, -0.25) is 4.79 Å². The van der Waals surface area contributed by atoms with Crippen molar-refractivity contribution in [3.8, 4) is 11.8 Å². The first kappa shape index (κ1) is 19.0. The minimum absolute atomic E-state index is 0.164. The summed E-state index contributed by atoms with van der Waals surface area (Å²) >= 11 is 0. The largest absolute Gasteiger partial charge is 0.488 e. The maximum atomic E-state index is 12.8. The van der Waals surface area contributed by atoms with Gasteiger partial charge in [-0.25, -0.2) is 9.69 Å². The second-order valence-electron chi connectivity index (χ2n) is 6.56. The number of carbonyl (C=O) groups is 2. The first-order valence-electron chi connectivity index (χ1n) is 9.29. The number of nitrogens with zero attached hydrogens (tertiary/aromatic N) is 2. The molecule has 1 fully saturated rings. The van der Waals surface area contributed by atoms with Gasteiger partial charge in [-0.1, -0.05) is 54.6 Å². The van der Waals surface area contributed by atoms with Gasteiger partial charge in [0, 0.05) is 11.1 Å². The van der Waals surface area contributed by atoms with Gasteiger partial charge >= 0.3 is 6.03 Å². The zero-order chi connectivity index (χ0) is 20.9. The van der Waals surface area contributed by atoms with Gasteiger partial charge in [0.2, 0.25) is 0 Å². The van der Waals surface area contributed by atoms with Gasteiger partial charge in [0.05, 0.1) is 17.3 Å². The van der Waals surface area contributed by atoms with Crippen LogP contribution in [0.1, 0.15) is 16.7 Å². The van der Waals surface area contributed by atoms with E-state index in [2.05, 4.69) is 11.4 Å². The Morgan fingerprint density at radius 2 is 1.63 bits per heavy atom. The third-order valence-electron chi connectivity index (χ3n) is 4.63. The van der Waals surface area contributed by atoms with E-state index in [1.807, 2.05) is 30.3 Å². The number of carbonyl (C=O) groups excluding carboxylic acids is 2. The summed E-state index contributed by atoms with van der Waals surface area (Å²) < 4.78 is 5.92. The summed E-state index contributed by atoms with van der Waals surface area (Å²) in [5.74, 6) is 0.105. The molecule has 0 spiro atoms. The molecule has 0 saturated carbocycles. The lowest BCUT2D eigenvalue weighted by Gasteiger charge is -2.11. The lowest BCUT2D eigenvalue weighted by Crippen LogP contribution is -2.30. The molecule has 3 aromatic rings. The number of anilines is 1. The van der Waals surface area contributed by atoms with Gasteiger partial charge in [-0.05, 0) is 30.3 Å². The number of hydrogen-bond acceptors (Lipinski definition) is 4. The number of benzene rings is 3. The highest BCUT2D eigenvalue weighted by Gasteiger charge is 2.34. The van der Waals surface area contributed by atoms with Crippen molar-refractivity contribution in [2.24, 2.45) is 0 Å². The zero-order valence-electron chi connectivity index (χ0n) is 15.9. The normalized spacial score (nSPS) is 14.5. The van der Waals surface area contributed by atoms with Crippen molar-refractivity contribution >= 4 is 23.7 Å². The van der Waals surface area contributed by atoms with Crippen LogP contribution in [-0.2, 0) is 11.4 Å². The second-order valence-corrected chi connectivity index (χ2v) is 6.56. The molecule has 0 radical (unpaired) electrons. The number of amides is 3. The molecular formula is C24H17N3O3. The van der Waals surface area contributed by atoms with Crippen molar-refractivity contribution in [2.75, 3.05) is 4.90 Å². The van der Waals surface area contributed by atoms with Crippen LogP contribution in [0.25, 0.3) is 6.08 Å². The summed E-state index contributed by atoms with van der Waals surface area (Å²) in [6, 6.07) is 24.8. The first-order valence-corrected chi connectivity index (χ1v) is 9.29. The minimum atomic E-state index is -0.501. The Kier molecular flexibility index (Phi) is 5.27. The van der Waals surface area contributed by atoms with E-state index in [-0.39, 0.29) is 12.3 Å². The molecule has 6 heteroatoms. The summed E-state index contributed by atoms with van der Waals surface area (Å²) in [5, 5.41) is 11.9. The number of para-hydroxylation sites is 2. The van der Waals surface area contributed by atoms with Gasteiger partial charge in [0.15, 0.2) is 0 Å². The lowest BCUT2D eigenvalue weighted by atomic mass is 10.1. The molecule has 0 unspecified atom stereocenters. The van der Waals surface area contributed by atoms with E-state index in [0.29, 0.717) is 22.6 Å². The molecule has 6 nitrogen and oxygen atoms in total. The fourth-order valence-electron chi connectivity index (χ4n) is 3.14. The topological polar surface area (TPSA) is 82.4 Å². The van der Waals surface area contributed by atoms with Crippen molar-refractivity contribution in [1.82, 2.24) is 5.32 Å². The van der Waals surface area contributed by atoms with Crippen LogP contribution in [-0.4, -0.2) is 11.9 Å². The molecule has 1 heterocycles. The van der Waals surface area contributed by atoms with Crippen LogP contribution in [0.2, 0.25) is 0 Å². The van der Waals surface area contributed by atoms with Crippen molar-refractivity contribution in [3.05, 3.63) is 101 Å². The summed E-state index contributed by atoms with van der Waals surface area (Å²) in [6.45, 7) is 0.209. The third-order valence-corrected chi connectivity index (χ3v) is 4.63. The first-order chi connectivity index (χ1) is 14.7. The Morgan fingerprint density at radius 1 is 0.933 bits per heavy atom. The number of hydrogen-bond donors (Lipinski definition) is 1. The Labute approximate surface area is 173 Å². The fourth-order valence-corrected chi connectivity index (χ4v) is 3.14. The number of rotatable bonds is 5. The van der Waals surface area contributed by atoms with Gasteiger partial charge in [0.25, 0.3) is 5.91 Å². The van der Waals surface area contributed by atoms with E-state index < -0.39 is 11.9 Å². The van der Waals surface area contributed by atoms with Crippen LogP contribution in [0.4, 0.5) is 10.5 Å². The molecule has 1 saturated heterocycles. The van der Waals surface area contributed by atoms with E-state index in [1.165, 1.54) is 0 Å². The summed E-state index contributed by atoms with van der Waals surface area (Å²) in [4.78, 5) is 26.2. The van der Waals surface area contributed by atoms with Crippen LogP contribution in [0.3, 0.4) is 0 Å². The lowest BCUT2D eigenvalue weighted by molar-refractivity contribution is -0.113. The average Bonchev–Trinajstić information content (AvgIpc) is 3.06. The number of ether oxygens (including phenoxy) is 1. The molecule has 146 valence electrons. The van der Waals surface area contributed by atoms with E-state index in [0.717, 1.165) is 10.5 Å². The third kappa shape index (κ3) is 3.77. The molecule has 0 atom stereocenters. The van der Waals surface area contributed by atoms with Crippen molar-refractivity contribution in [3.63, 3.8) is 0 Å². The van der Waals surface area contributed by atoms with Crippen molar-refractivity contribution in [2.45, 2.75) is 6.61 Å². The fraction of sp³-hybridized carbons (Fsp3) is 0.0417. The van der Waals surface area contributed by atoms with Gasteiger partial charge in [-0.15, -0.1) is 0 Å². The monoisotopic (exact) mass is 395 g/mol. The molecule has 3 amide bonds. The molecule has 0 aliphatic carbocycles. The van der Waals surface area contributed by atoms with Gasteiger partial charge < -0.3 is 10.1 Å². The number of nitrogens with one attached hydrogen (secondary N) is 1. The molecule has 1 aliphatic heterocycles. The van der Waals surface area contributed by atoms with E-state index in [1.54, 1.807) is 54.6 Å². The standard InChI is InChI=1S/C24H17N3O3/c25-15-18-9-4-5-10-19(18)16-30-22-13-7-6-8-17(22)14-21-23(28)27(24(29)26-21)20-11-2-1-3-12-20/h1-14H,16H2,(H,26,29)/b21-14+.